The third-order valence-electron chi connectivity index (χ3n) is 4.18. The molecule has 2 heterocycles. The normalized spacial score (nSPS) is 11.4. The molecule has 3 aromatic rings. The Morgan fingerprint density at radius 3 is 2.68 bits per heavy atom. The first-order valence-electron chi connectivity index (χ1n) is 8.18. The second-order valence-electron chi connectivity index (χ2n) is 6.29. The number of aryl methyl sites for hydroxylation is 3. The number of hydrogen-bond donors (Lipinski definition) is 1. The van der Waals surface area contributed by atoms with Gasteiger partial charge in [0.05, 0.1) is 12.1 Å². The molecule has 1 aromatic carbocycles. The van der Waals surface area contributed by atoms with E-state index in [4.69, 9.17) is 4.74 Å². The van der Waals surface area contributed by atoms with Crippen molar-refractivity contribution < 1.29 is 9.53 Å². The van der Waals surface area contributed by atoms with E-state index in [1.165, 1.54) is 4.68 Å². The first-order chi connectivity index (χ1) is 11.9. The fourth-order valence-corrected chi connectivity index (χ4v) is 3.16. The van der Waals surface area contributed by atoms with Crippen LogP contribution in [0.2, 0.25) is 0 Å². The Morgan fingerprint density at radius 2 is 1.96 bits per heavy atom. The Bertz CT molecular complexity index is 1020. The van der Waals surface area contributed by atoms with Crippen molar-refractivity contribution in [1.82, 2.24) is 19.5 Å². The highest BCUT2D eigenvalue weighted by Crippen LogP contribution is 2.23. The van der Waals surface area contributed by atoms with Crippen molar-refractivity contribution in [2.45, 2.75) is 27.3 Å². The first-order valence-corrected chi connectivity index (χ1v) is 8.18. The first kappa shape index (κ1) is 17.2. The molecule has 0 radical (unpaired) electrons. The molecule has 0 saturated carbocycles. The summed E-state index contributed by atoms with van der Waals surface area (Å²) in [6.45, 7) is 6.64. The van der Waals surface area contributed by atoms with E-state index in [-0.39, 0.29) is 18.1 Å². The smallest absolute Gasteiger partial charge is 0.351 e. The number of carbonyl (C=O) groups excluding carboxylic acids is 1. The standard InChI is InChI=1S/C18H22N4O3/c1-11-7-12(2)16-14(8-11)9-13(3)17-20-21(18(24)22(16)17)10-15(23)19-5-6-25-4/h7-9H,5-6,10H2,1-4H3,(H,19,23). The number of rotatable bonds is 5. The van der Waals surface area contributed by atoms with Gasteiger partial charge in [-0.3, -0.25) is 4.79 Å². The number of benzene rings is 1. The summed E-state index contributed by atoms with van der Waals surface area (Å²) in [4.78, 5) is 24.9. The number of methoxy groups -OCH3 is 1. The lowest BCUT2D eigenvalue weighted by atomic mass is 10.1. The predicted octanol–water partition coefficient (Wildman–Crippen LogP) is 1.34. The molecule has 0 saturated heterocycles. The number of carbonyl (C=O) groups is 1. The van der Waals surface area contributed by atoms with E-state index in [0.717, 1.165) is 27.6 Å². The maximum atomic E-state index is 12.9. The Hall–Kier alpha value is -2.67. The van der Waals surface area contributed by atoms with Crippen molar-refractivity contribution >= 4 is 22.5 Å². The van der Waals surface area contributed by atoms with Crippen molar-refractivity contribution in [2.75, 3.05) is 20.3 Å². The van der Waals surface area contributed by atoms with Crippen LogP contribution in [0.15, 0.2) is 23.0 Å². The molecule has 1 amide bonds. The predicted molar refractivity (Wildman–Crippen MR) is 96.1 cm³/mol. The summed E-state index contributed by atoms with van der Waals surface area (Å²) in [6.07, 6.45) is 0. The van der Waals surface area contributed by atoms with Gasteiger partial charge in [0.25, 0.3) is 0 Å². The number of fused-ring (bicyclic) bond motifs is 3. The van der Waals surface area contributed by atoms with Crippen LogP contribution in [-0.2, 0) is 16.1 Å². The molecule has 0 aliphatic rings. The van der Waals surface area contributed by atoms with Crippen molar-refractivity contribution in [3.63, 3.8) is 0 Å². The molecule has 132 valence electrons. The quantitative estimate of drug-likeness (QED) is 0.710. The lowest BCUT2D eigenvalue weighted by molar-refractivity contribution is -0.122. The molecule has 0 spiro atoms. The van der Waals surface area contributed by atoms with Crippen LogP contribution in [0.25, 0.3) is 16.6 Å². The number of hydrogen-bond acceptors (Lipinski definition) is 4. The second-order valence-corrected chi connectivity index (χ2v) is 6.29. The van der Waals surface area contributed by atoms with Gasteiger partial charge in [-0.05, 0) is 49.4 Å². The average Bonchev–Trinajstić information content (AvgIpc) is 2.85. The summed E-state index contributed by atoms with van der Waals surface area (Å²) in [5.41, 5.74) is 4.15. The van der Waals surface area contributed by atoms with E-state index in [1.807, 2.05) is 32.9 Å². The summed E-state index contributed by atoms with van der Waals surface area (Å²) in [6, 6.07) is 6.12. The van der Waals surface area contributed by atoms with Gasteiger partial charge < -0.3 is 10.1 Å². The lowest BCUT2D eigenvalue weighted by Crippen LogP contribution is -2.34. The van der Waals surface area contributed by atoms with Crippen molar-refractivity contribution in [1.29, 1.82) is 0 Å². The zero-order chi connectivity index (χ0) is 18.1. The highest BCUT2D eigenvalue weighted by atomic mass is 16.5. The van der Waals surface area contributed by atoms with Gasteiger partial charge in [0.2, 0.25) is 5.91 Å². The van der Waals surface area contributed by atoms with E-state index in [0.29, 0.717) is 18.8 Å². The van der Waals surface area contributed by atoms with Gasteiger partial charge >= 0.3 is 5.69 Å². The molecule has 0 unspecified atom stereocenters. The minimum absolute atomic E-state index is 0.115. The average molecular weight is 342 g/mol. The summed E-state index contributed by atoms with van der Waals surface area (Å²) in [5, 5.41) is 8.06. The highest BCUT2D eigenvalue weighted by molar-refractivity contribution is 5.86. The third-order valence-corrected chi connectivity index (χ3v) is 4.18. The summed E-state index contributed by atoms with van der Waals surface area (Å²) < 4.78 is 7.71. The van der Waals surface area contributed by atoms with Crippen molar-refractivity contribution in [3.05, 3.63) is 45.4 Å². The lowest BCUT2D eigenvalue weighted by Gasteiger charge is -2.08. The van der Waals surface area contributed by atoms with Crippen LogP contribution in [0.3, 0.4) is 0 Å². The molecule has 25 heavy (non-hydrogen) atoms. The van der Waals surface area contributed by atoms with Gasteiger partial charge in [-0.15, -0.1) is 5.10 Å². The fourth-order valence-electron chi connectivity index (χ4n) is 3.16. The van der Waals surface area contributed by atoms with Crippen LogP contribution in [-0.4, -0.2) is 40.3 Å². The van der Waals surface area contributed by atoms with E-state index >= 15 is 0 Å². The van der Waals surface area contributed by atoms with Gasteiger partial charge in [-0.25, -0.2) is 13.9 Å². The Kier molecular flexibility index (Phi) is 4.59. The van der Waals surface area contributed by atoms with E-state index in [2.05, 4.69) is 16.5 Å². The molecule has 7 heteroatoms. The van der Waals surface area contributed by atoms with Crippen LogP contribution in [0.4, 0.5) is 0 Å². The molecule has 0 aliphatic heterocycles. The number of nitrogens with zero attached hydrogens (tertiary/aromatic N) is 3. The number of amides is 1. The van der Waals surface area contributed by atoms with Crippen LogP contribution in [0, 0.1) is 20.8 Å². The Labute approximate surface area is 145 Å². The zero-order valence-corrected chi connectivity index (χ0v) is 14.9. The fraction of sp³-hybridized carbons (Fsp3) is 0.389. The second kappa shape index (κ2) is 6.68. The zero-order valence-electron chi connectivity index (χ0n) is 14.9. The molecule has 0 fully saturated rings. The summed E-state index contributed by atoms with van der Waals surface area (Å²) in [7, 11) is 1.57. The number of ether oxygens (including phenoxy) is 1. The maximum absolute atomic E-state index is 12.9. The SMILES string of the molecule is COCCNC(=O)Cn1nc2c(C)cc3cc(C)cc(C)c3n2c1=O. The molecule has 7 nitrogen and oxygen atoms in total. The molecule has 0 aliphatic carbocycles. The molecule has 3 rings (SSSR count). The molecule has 0 bridgehead atoms. The largest absolute Gasteiger partial charge is 0.383 e. The number of pyridine rings is 1. The van der Waals surface area contributed by atoms with E-state index in [9.17, 15) is 9.59 Å². The third kappa shape index (κ3) is 3.15. The number of aromatic nitrogens is 3. The molecule has 2 aromatic heterocycles. The Morgan fingerprint density at radius 1 is 1.20 bits per heavy atom. The van der Waals surface area contributed by atoms with Crippen LogP contribution < -0.4 is 11.0 Å². The summed E-state index contributed by atoms with van der Waals surface area (Å²) in [5.74, 6) is -0.267. The summed E-state index contributed by atoms with van der Waals surface area (Å²) >= 11 is 0. The maximum Gasteiger partial charge on any atom is 0.351 e. The van der Waals surface area contributed by atoms with Gasteiger partial charge in [-0.2, -0.15) is 0 Å². The molecule has 0 atom stereocenters. The minimum Gasteiger partial charge on any atom is -0.383 e. The van der Waals surface area contributed by atoms with E-state index in [1.54, 1.807) is 11.5 Å². The molecule has 1 N–H and O–H groups in total. The van der Waals surface area contributed by atoms with Crippen LogP contribution >= 0.6 is 0 Å². The highest BCUT2D eigenvalue weighted by Gasteiger charge is 2.16. The molecular formula is C18H22N4O3. The van der Waals surface area contributed by atoms with Gasteiger partial charge in [0.15, 0.2) is 5.65 Å². The molecular weight excluding hydrogens is 320 g/mol. The van der Waals surface area contributed by atoms with Gasteiger partial charge in [-0.1, -0.05) is 11.6 Å². The van der Waals surface area contributed by atoms with Crippen LogP contribution in [0.5, 0.6) is 0 Å². The van der Waals surface area contributed by atoms with Crippen LogP contribution in [0.1, 0.15) is 16.7 Å². The monoisotopic (exact) mass is 342 g/mol. The number of nitrogens with one attached hydrogen (secondary N) is 1. The van der Waals surface area contributed by atoms with E-state index < -0.39 is 0 Å². The minimum atomic E-state index is -0.308. The Balaban J connectivity index is 2.10. The van der Waals surface area contributed by atoms with Gasteiger partial charge in [0, 0.05) is 13.7 Å². The van der Waals surface area contributed by atoms with Gasteiger partial charge in [0.1, 0.15) is 6.54 Å². The van der Waals surface area contributed by atoms with Crippen molar-refractivity contribution in [3.8, 4) is 0 Å². The topological polar surface area (TPSA) is 77.6 Å². The van der Waals surface area contributed by atoms with Crippen molar-refractivity contribution in [2.24, 2.45) is 0 Å².